The molecule has 0 amide bonds. The summed E-state index contributed by atoms with van der Waals surface area (Å²) in [5.41, 5.74) is 14.0. The zero-order valence-corrected chi connectivity index (χ0v) is 20.0. The molecule has 3 atom stereocenters. The fourth-order valence-electron chi connectivity index (χ4n) is 6.46. The highest BCUT2D eigenvalue weighted by atomic mass is 19.3. The van der Waals surface area contributed by atoms with Crippen LogP contribution in [0.2, 0.25) is 0 Å². The van der Waals surface area contributed by atoms with Crippen LogP contribution in [0.25, 0.3) is 5.70 Å². The van der Waals surface area contributed by atoms with Crippen LogP contribution < -0.4 is 16.2 Å². The van der Waals surface area contributed by atoms with E-state index in [1.54, 1.807) is 0 Å². The number of ether oxygens (including phenoxy) is 1. The molecule has 2 saturated heterocycles. The Morgan fingerprint density at radius 2 is 1.91 bits per heavy atom. The van der Waals surface area contributed by atoms with Gasteiger partial charge in [-0.2, -0.15) is 8.78 Å². The number of piperazine rings is 1. The first-order valence-electron chi connectivity index (χ1n) is 12.5. The summed E-state index contributed by atoms with van der Waals surface area (Å²) in [6.45, 7) is 6.06. The van der Waals surface area contributed by atoms with E-state index in [9.17, 15) is 8.78 Å². The summed E-state index contributed by atoms with van der Waals surface area (Å²) in [6, 6.07) is 3.01. The van der Waals surface area contributed by atoms with Gasteiger partial charge in [0.2, 0.25) is 0 Å². The van der Waals surface area contributed by atoms with Gasteiger partial charge in [0.15, 0.2) is 11.6 Å². The molecule has 0 bridgehead atoms. The smallest absolute Gasteiger partial charge is 0.387 e. The van der Waals surface area contributed by atoms with E-state index in [-0.39, 0.29) is 17.6 Å². The topological polar surface area (TPSA) is 93.0 Å². The normalized spacial score (nSPS) is 32.4. The van der Waals surface area contributed by atoms with E-state index in [4.69, 9.17) is 16.5 Å². The monoisotopic (exact) mass is 474 g/mol. The molecule has 7 nitrogen and oxygen atoms in total. The molecule has 1 aromatic rings. The van der Waals surface area contributed by atoms with Gasteiger partial charge in [0.25, 0.3) is 0 Å². The van der Waals surface area contributed by atoms with Crippen LogP contribution in [0.4, 0.5) is 14.6 Å². The third-order valence-electron chi connectivity index (χ3n) is 8.04. The quantitative estimate of drug-likeness (QED) is 0.590. The number of nitrogens with two attached hydrogens (primary N) is 2. The van der Waals surface area contributed by atoms with E-state index in [0.29, 0.717) is 35.1 Å². The highest BCUT2D eigenvalue weighted by Gasteiger charge is 2.58. The summed E-state index contributed by atoms with van der Waals surface area (Å²) in [5.74, 6) is 1.46. The number of nitrogens with zero attached hydrogens (tertiary/aromatic N) is 4. The van der Waals surface area contributed by atoms with E-state index >= 15 is 0 Å². The maximum atomic E-state index is 12.7. The molecule has 4 aliphatic rings. The molecule has 2 aliphatic carbocycles. The van der Waals surface area contributed by atoms with Gasteiger partial charge in [0.1, 0.15) is 0 Å². The predicted molar refractivity (Wildman–Crippen MR) is 130 cm³/mol. The molecule has 4 fully saturated rings. The largest absolute Gasteiger partial charge is 0.431 e. The molecule has 3 heterocycles. The average molecular weight is 475 g/mol. The molecule has 3 unspecified atom stereocenters. The molecule has 9 heteroatoms. The van der Waals surface area contributed by atoms with E-state index in [1.165, 1.54) is 64.1 Å². The molecule has 0 spiro atoms. The lowest BCUT2D eigenvalue weighted by atomic mass is 9.99. The van der Waals surface area contributed by atoms with Crippen molar-refractivity contribution in [3.05, 3.63) is 23.9 Å². The molecular weight excluding hydrogens is 438 g/mol. The number of allylic oxidation sites excluding steroid dienone is 1. The van der Waals surface area contributed by atoms with E-state index in [1.807, 2.05) is 6.08 Å². The predicted octanol–water partition coefficient (Wildman–Crippen LogP) is 3.22. The second kappa shape index (κ2) is 9.41. The molecule has 34 heavy (non-hydrogen) atoms. The number of halogens is 2. The van der Waals surface area contributed by atoms with Gasteiger partial charge < -0.3 is 16.2 Å². The minimum atomic E-state index is -2.97. The van der Waals surface area contributed by atoms with Crippen molar-refractivity contribution in [2.75, 3.05) is 31.9 Å². The lowest BCUT2D eigenvalue weighted by molar-refractivity contribution is -0.0495. The van der Waals surface area contributed by atoms with Crippen LogP contribution in [0, 0.1) is 17.8 Å². The molecule has 5 rings (SSSR count). The lowest BCUT2D eigenvalue weighted by Gasteiger charge is -2.41. The van der Waals surface area contributed by atoms with E-state index < -0.39 is 6.61 Å². The van der Waals surface area contributed by atoms with Gasteiger partial charge in [-0.25, -0.2) is 4.98 Å². The van der Waals surface area contributed by atoms with Crippen molar-refractivity contribution < 1.29 is 13.5 Å². The highest BCUT2D eigenvalue weighted by molar-refractivity contribution is 6.04. The molecule has 2 saturated carbocycles. The van der Waals surface area contributed by atoms with Crippen molar-refractivity contribution in [3.63, 3.8) is 0 Å². The standard InChI is InChI=1S/C25H36F2N6O/c1-14(2)31-21(11-20(28)15-8-22(34-25(26)27)24(29)30-12-15)23-18-9-17(10-19(18)23)33-7-6-32-5-3-4-16(32)13-33/h8,11-12,14,16-19,23,25H,3-7,9-10,13,28H2,1-2H3,(H2,29,30). The number of fused-ring (bicyclic) bond motifs is 2. The Labute approximate surface area is 200 Å². The number of nitrogen functional groups attached to an aromatic ring is 1. The van der Waals surface area contributed by atoms with Gasteiger partial charge in [-0.1, -0.05) is 0 Å². The van der Waals surface area contributed by atoms with Crippen LogP contribution in [0.15, 0.2) is 23.3 Å². The molecule has 0 radical (unpaired) electrons. The highest BCUT2D eigenvalue weighted by Crippen LogP contribution is 2.59. The maximum Gasteiger partial charge on any atom is 0.387 e. The van der Waals surface area contributed by atoms with Gasteiger partial charge in [0.05, 0.1) is 0 Å². The number of aliphatic imine (C=N–C) groups is 1. The van der Waals surface area contributed by atoms with Crippen molar-refractivity contribution in [1.82, 2.24) is 14.8 Å². The van der Waals surface area contributed by atoms with Crippen molar-refractivity contribution in [1.29, 1.82) is 0 Å². The Kier molecular flexibility index (Phi) is 6.50. The summed E-state index contributed by atoms with van der Waals surface area (Å²) >= 11 is 0. The van der Waals surface area contributed by atoms with Crippen molar-refractivity contribution >= 4 is 17.2 Å². The average Bonchev–Trinajstić information content (AvgIpc) is 3.12. The van der Waals surface area contributed by atoms with Gasteiger partial charge in [0, 0.05) is 66.8 Å². The Hall–Kier alpha value is -2.26. The maximum absolute atomic E-state index is 12.7. The molecular formula is C25H36F2N6O. The van der Waals surface area contributed by atoms with Gasteiger partial charge in [-0.15, -0.1) is 0 Å². The van der Waals surface area contributed by atoms with Crippen molar-refractivity contribution in [3.8, 4) is 5.75 Å². The van der Waals surface area contributed by atoms with Crippen LogP contribution in [0.5, 0.6) is 5.75 Å². The van der Waals surface area contributed by atoms with Crippen LogP contribution in [0.1, 0.15) is 45.1 Å². The van der Waals surface area contributed by atoms with Crippen LogP contribution >= 0.6 is 0 Å². The fourth-order valence-corrected chi connectivity index (χ4v) is 6.46. The Morgan fingerprint density at radius 1 is 1.18 bits per heavy atom. The number of hydrogen-bond donors (Lipinski definition) is 2. The van der Waals surface area contributed by atoms with Crippen LogP contribution in [0.3, 0.4) is 0 Å². The van der Waals surface area contributed by atoms with E-state index in [2.05, 4.69) is 33.4 Å². The Morgan fingerprint density at radius 3 is 2.62 bits per heavy atom. The van der Waals surface area contributed by atoms with E-state index in [0.717, 1.165) is 11.8 Å². The summed E-state index contributed by atoms with van der Waals surface area (Å²) in [7, 11) is 0. The second-order valence-corrected chi connectivity index (χ2v) is 10.5. The number of anilines is 1. The number of alkyl halides is 2. The Bertz CT molecular complexity index is 955. The number of aromatic nitrogens is 1. The minimum Gasteiger partial charge on any atom is -0.431 e. The van der Waals surface area contributed by atoms with Gasteiger partial charge in [-0.05, 0) is 70.1 Å². The first-order valence-corrected chi connectivity index (χ1v) is 12.5. The van der Waals surface area contributed by atoms with Gasteiger partial charge in [-0.3, -0.25) is 14.8 Å². The zero-order valence-electron chi connectivity index (χ0n) is 20.0. The first kappa shape index (κ1) is 23.5. The van der Waals surface area contributed by atoms with Crippen molar-refractivity contribution in [2.45, 2.75) is 64.3 Å². The van der Waals surface area contributed by atoms with Crippen LogP contribution in [-0.4, -0.2) is 71.4 Å². The third-order valence-corrected chi connectivity index (χ3v) is 8.04. The molecule has 186 valence electrons. The number of hydrogen-bond acceptors (Lipinski definition) is 7. The lowest BCUT2D eigenvalue weighted by Crippen LogP contribution is -2.53. The Balaban J connectivity index is 1.27. The van der Waals surface area contributed by atoms with Crippen molar-refractivity contribution in [2.24, 2.45) is 28.5 Å². The summed E-state index contributed by atoms with van der Waals surface area (Å²) in [5, 5.41) is 0. The first-order chi connectivity index (χ1) is 16.3. The second-order valence-electron chi connectivity index (χ2n) is 10.5. The SMILES string of the molecule is CC(C)N=C(C=C(N)c1cnc(N)c(OC(F)F)c1)C1C2CC(N3CCN4CCCC4C3)CC21. The molecule has 4 N–H and O–H groups in total. The minimum absolute atomic E-state index is 0.0888. The third kappa shape index (κ3) is 4.77. The fraction of sp³-hybridized carbons (Fsp3) is 0.680. The summed E-state index contributed by atoms with van der Waals surface area (Å²) in [4.78, 5) is 14.3. The molecule has 0 aromatic carbocycles. The summed E-state index contributed by atoms with van der Waals surface area (Å²) in [6.07, 6.45) is 8.52. The molecule has 2 aliphatic heterocycles. The number of rotatable bonds is 7. The molecule has 1 aromatic heterocycles. The van der Waals surface area contributed by atoms with Crippen LogP contribution in [-0.2, 0) is 0 Å². The zero-order chi connectivity index (χ0) is 24.0. The van der Waals surface area contributed by atoms with Gasteiger partial charge >= 0.3 is 6.61 Å². The number of pyridine rings is 1. The summed E-state index contributed by atoms with van der Waals surface area (Å²) < 4.78 is 29.9.